The molecule has 1 aromatic carbocycles. The zero-order chi connectivity index (χ0) is 14.2. The second-order valence-corrected chi connectivity index (χ2v) is 7.13. The molecule has 0 amide bonds. The molecule has 1 aromatic rings. The van der Waals surface area contributed by atoms with E-state index in [2.05, 4.69) is 55.3 Å². The highest BCUT2D eigenvalue weighted by Gasteiger charge is 2.35. The van der Waals surface area contributed by atoms with E-state index >= 15 is 0 Å². The van der Waals surface area contributed by atoms with Crippen LogP contribution in [0.3, 0.4) is 0 Å². The zero-order valence-electron chi connectivity index (χ0n) is 12.9. The molecule has 3 rings (SSSR count). The Morgan fingerprint density at radius 1 is 1.30 bits per heavy atom. The Hall–Kier alpha value is -1.06. The molecule has 0 spiro atoms. The zero-order valence-corrected chi connectivity index (χ0v) is 12.9. The predicted octanol–water partition coefficient (Wildman–Crippen LogP) is 2.48. The van der Waals surface area contributed by atoms with Gasteiger partial charge in [-0.05, 0) is 11.5 Å². The van der Waals surface area contributed by atoms with Crippen LogP contribution in [0.4, 0.5) is 0 Å². The first kappa shape index (κ1) is 13.9. The van der Waals surface area contributed by atoms with Crippen LogP contribution in [-0.4, -0.2) is 43.7 Å². The third-order valence-electron chi connectivity index (χ3n) is 4.61. The van der Waals surface area contributed by atoms with E-state index in [4.69, 9.17) is 4.74 Å². The minimum absolute atomic E-state index is 0.312. The van der Waals surface area contributed by atoms with E-state index in [0.29, 0.717) is 17.4 Å². The van der Waals surface area contributed by atoms with E-state index in [1.165, 1.54) is 5.56 Å². The molecule has 0 aliphatic carbocycles. The van der Waals surface area contributed by atoms with E-state index in [0.717, 1.165) is 38.5 Å². The van der Waals surface area contributed by atoms with Gasteiger partial charge in [0, 0.05) is 43.7 Å². The maximum atomic E-state index is 5.83. The Balaban J connectivity index is 1.74. The van der Waals surface area contributed by atoms with Crippen LogP contribution in [0.25, 0.3) is 0 Å². The maximum absolute atomic E-state index is 5.83. The van der Waals surface area contributed by atoms with Crippen LogP contribution < -0.4 is 10.1 Å². The molecule has 2 aliphatic heterocycles. The van der Waals surface area contributed by atoms with Crippen molar-refractivity contribution in [2.24, 2.45) is 5.41 Å². The topological polar surface area (TPSA) is 24.5 Å². The number of benzene rings is 1. The van der Waals surface area contributed by atoms with Crippen molar-refractivity contribution in [3.63, 3.8) is 0 Å². The fourth-order valence-corrected chi connectivity index (χ4v) is 3.48. The lowest BCUT2D eigenvalue weighted by Crippen LogP contribution is -2.57. The van der Waals surface area contributed by atoms with Crippen LogP contribution in [0, 0.1) is 5.41 Å². The van der Waals surface area contributed by atoms with Crippen LogP contribution in [0.1, 0.15) is 32.3 Å². The summed E-state index contributed by atoms with van der Waals surface area (Å²) in [6.07, 6.45) is 0. The average molecular weight is 274 g/mol. The smallest absolute Gasteiger partial charge is 0.122 e. The van der Waals surface area contributed by atoms with E-state index in [1.54, 1.807) is 0 Å². The fraction of sp³-hybridized carbons (Fsp3) is 0.647. The summed E-state index contributed by atoms with van der Waals surface area (Å²) >= 11 is 0. The van der Waals surface area contributed by atoms with Gasteiger partial charge in [-0.1, -0.05) is 39.0 Å². The lowest BCUT2D eigenvalue weighted by Gasteiger charge is -2.44. The van der Waals surface area contributed by atoms with Gasteiger partial charge in [-0.3, -0.25) is 4.90 Å². The van der Waals surface area contributed by atoms with Crippen LogP contribution in [0.15, 0.2) is 24.3 Å². The highest BCUT2D eigenvalue weighted by Crippen LogP contribution is 2.35. The SMILES string of the molecule is CC(C)(C)C1CNCCN1CC1COc2ccccc21. The van der Waals surface area contributed by atoms with Gasteiger partial charge in [0.25, 0.3) is 0 Å². The van der Waals surface area contributed by atoms with E-state index in [9.17, 15) is 0 Å². The molecule has 0 saturated carbocycles. The molecule has 2 heterocycles. The van der Waals surface area contributed by atoms with Gasteiger partial charge in [0.2, 0.25) is 0 Å². The average Bonchev–Trinajstić information content (AvgIpc) is 2.82. The van der Waals surface area contributed by atoms with Crippen molar-refractivity contribution >= 4 is 0 Å². The maximum Gasteiger partial charge on any atom is 0.122 e. The van der Waals surface area contributed by atoms with Crippen molar-refractivity contribution in [3.8, 4) is 5.75 Å². The van der Waals surface area contributed by atoms with Gasteiger partial charge >= 0.3 is 0 Å². The number of nitrogens with one attached hydrogen (secondary N) is 1. The van der Waals surface area contributed by atoms with E-state index in [-0.39, 0.29) is 0 Å². The molecule has 1 fully saturated rings. The summed E-state index contributed by atoms with van der Waals surface area (Å²) in [4.78, 5) is 2.66. The molecule has 1 saturated heterocycles. The minimum Gasteiger partial charge on any atom is -0.493 e. The van der Waals surface area contributed by atoms with Crippen LogP contribution in [-0.2, 0) is 0 Å². The molecule has 2 unspecified atom stereocenters. The van der Waals surface area contributed by atoms with Gasteiger partial charge < -0.3 is 10.1 Å². The van der Waals surface area contributed by atoms with Crippen molar-refractivity contribution < 1.29 is 4.74 Å². The van der Waals surface area contributed by atoms with E-state index < -0.39 is 0 Å². The van der Waals surface area contributed by atoms with Crippen LogP contribution in [0.5, 0.6) is 5.75 Å². The van der Waals surface area contributed by atoms with Gasteiger partial charge in [0.05, 0.1) is 6.61 Å². The second-order valence-electron chi connectivity index (χ2n) is 7.13. The molecule has 2 atom stereocenters. The Morgan fingerprint density at radius 2 is 2.10 bits per heavy atom. The lowest BCUT2D eigenvalue weighted by atomic mass is 9.84. The van der Waals surface area contributed by atoms with Gasteiger partial charge in [-0.15, -0.1) is 0 Å². The van der Waals surface area contributed by atoms with Crippen molar-refractivity contribution in [2.45, 2.75) is 32.7 Å². The van der Waals surface area contributed by atoms with Gasteiger partial charge in [0.1, 0.15) is 5.75 Å². The lowest BCUT2D eigenvalue weighted by molar-refractivity contribution is 0.0674. The predicted molar refractivity (Wildman–Crippen MR) is 82.4 cm³/mol. The number of hydrogen-bond donors (Lipinski definition) is 1. The molecule has 3 heteroatoms. The molecule has 1 N–H and O–H groups in total. The highest BCUT2D eigenvalue weighted by atomic mass is 16.5. The number of nitrogens with zero attached hydrogens (tertiary/aromatic N) is 1. The summed E-state index contributed by atoms with van der Waals surface area (Å²) in [5.74, 6) is 1.61. The molecule has 0 radical (unpaired) electrons. The molecule has 20 heavy (non-hydrogen) atoms. The normalized spacial score (nSPS) is 27.1. The standard InChI is InChI=1S/C17H26N2O/c1-17(2,3)16-10-18-8-9-19(16)11-13-12-20-15-7-5-4-6-14(13)15/h4-7,13,16,18H,8-12H2,1-3H3. The van der Waals surface area contributed by atoms with Crippen molar-refractivity contribution in [1.29, 1.82) is 0 Å². The van der Waals surface area contributed by atoms with Crippen molar-refractivity contribution in [3.05, 3.63) is 29.8 Å². The third kappa shape index (κ3) is 2.70. The molecule has 2 aliphatic rings. The molecule has 110 valence electrons. The summed E-state index contributed by atoms with van der Waals surface area (Å²) in [7, 11) is 0. The minimum atomic E-state index is 0.312. The number of fused-ring (bicyclic) bond motifs is 1. The van der Waals surface area contributed by atoms with Crippen molar-refractivity contribution in [2.75, 3.05) is 32.8 Å². The van der Waals surface area contributed by atoms with Crippen LogP contribution in [0.2, 0.25) is 0 Å². The van der Waals surface area contributed by atoms with Crippen LogP contribution >= 0.6 is 0 Å². The van der Waals surface area contributed by atoms with Gasteiger partial charge in [-0.2, -0.15) is 0 Å². The van der Waals surface area contributed by atoms with Gasteiger partial charge in [-0.25, -0.2) is 0 Å². The molecule has 0 bridgehead atoms. The van der Waals surface area contributed by atoms with Gasteiger partial charge in [0.15, 0.2) is 0 Å². The number of rotatable bonds is 2. The summed E-state index contributed by atoms with van der Waals surface area (Å²) < 4.78 is 5.83. The Kier molecular flexibility index (Phi) is 3.74. The number of para-hydroxylation sites is 1. The summed E-state index contributed by atoms with van der Waals surface area (Å²) in [5.41, 5.74) is 1.70. The highest BCUT2D eigenvalue weighted by molar-refractivity contribution is 5.39. The largest absolute Gasteiger partial charge is 0.493 e. The number of piperazine rings is 1. The van der Waals surface area contributed by atoms with E-state index in [1.807, 2.05) is 0 Å². The fourth-order valence-electron chi connectivity index (χ4n) is 3.48. The number of ether oxygens (including phenoxy) is 1. The molecule has 3 nitrogen and oxygen atoms in total. The Morgan fingerprint density at radius 3 is 2.90 bits per heavy atom. The molecule has 0 aromatic heterocycles. The Labute approximate surface area is 122 Å². The number of hydrogen-bond acceptors (Lipinski definition) is 3. The first-order chi connectivity index (χ1) is 9.55. The van der Waals surface area contributed by atoms with Crippen molar-refractivity contribution in [1.82, 2.24) is 10.2 Å². The first-order valence-electron chi connectivity index (χ1n) is 7.72. The summed E-state index contributed by atoms with van der Waals surface area (Å²) in [6.45, 7) is 12.3. The molecular formula is C17H26N2O. The quantitative estimate of drug-likeness (QED) is 0.896. The Bertz CT molecular complexity index is 466. The third-order valence-corrected chi connectivity index (χ3v) is 4.61. The monoisotopic (exact) mass is 274 g/mol. The molecular weight excluding hydrogens is 248 g/mol. The second kappa shape index (κ2) is 5.38. The summed E-state index contributed by atoms with van der Waals surface area (Å²) in [6, 6.07) is 9.10. The summed E-state index contributed by atoms with van der Waals surface area (Å²) in [5, 5.41) is 3.54. The first-order valence-corrected chi connectivity index (χ1v) is 7.72.